The Morgan fingerprint density at radius 2 is 1.81 bits per heavy atom. The van der Waals surface area contributed by atoms with E-state index in [1.165, 1.54) is 0 Å². The van der Waals surface area contributed by atoms with E-state index in [9.17, 15) is 9.59 Å². The van der Waals surface area contributed by atoms with Crippen molar-refractivity contribution in [3.05, 3.63) is 59.9 Å². The van der Waals surface area contributed by atoms with E-state index in [0.29, 0.717) is 6.54 Å². The zero-order valence-electron chi connectivity index (χ0n) is 16.3. The number of fused-ring (bicyclic) bond motifs is 1. The van der Waals surface area contributed by atoms with E-state index in [1.54, 1.807) is 27.7 Å². The number of rotatable bonds is 3. The van der Waals surface area contributed by atoms with Gasteiger partial charge in [-0.05, 0) is 45.4 Å². The van der Waals surface area contributed by atoms with E-state index >= 15 is 0 Å². The molecule has 2 amide bonds. The topological polar surface area (TPSA) is 63.6 Å². The number of hydrogen-bond donors (Lipinski definition) is 1. The molecular weight excluding hydrogens is 342 g/mol. The minimum absolute atomic E-state index is 0.123. The van der Waals surface area contributed by atoms with Gasteiger partial charge in [-0.1, -0.05) is 30.3 Å². The molecule has 3 rings (SSSR count). The van der Waals surface area contributed by atoms with Crippen molar-refractivity contribution in [3.63, 3.8) is 0 Å². The van der Waals surface area contributed by atoms with Crippen molar-refractivity contribution in [1.29, 1.82) is 0 Å². The van der Waals surface area contributed by atoms with Crippen LogP contribution in [0.5, 0.6) is 0 Å². The summed E-state index contributed by atoms with van der Waals surface area (Å²) in [7, 11) is 0. The molecule has 6 nitrogen and oxygen atoms in total. The molecule has 0 bridgehead atoms. The molecular formula is C21H27N3O3. The van der Waals surface area contributed by atoms with Crippen LogP contribution in [0.25, 0.3) is 0 Å². The van der Waals surface area contributed by atoms with E-state index in [0.717, 1.165) is 17.8 Å². The minimum atomic E-state index is -0.674. The molecule has 0 unspecified atom stereocenters. The number of amides is 2. The van der Waals surface area contributed by atoms with Crippen LogP contribution < -0.4 is 5.32 Å². The molecule has 0 saturated carbocycles. The Balaban J connectivity index is 1.81. The third kappa shape index (κ3) is 4.32. The fourth-order valence-corrected chi connectivity index (χ4v) is 3.40. The number of ether oxygens (including phenoxy) is 1. The fourth-order valence-electron chi connectivity index (χ4n) is 3.40. The fraction of sp³-hybridized carbons (Fsp3) is 0.429. The third-order valence-corrected chi connectivity index (χ3v) is 4.54. The molecule has 2 aromatic rings. The number of hydrogen-bond acceptors (Lipinski definition) is 3. The van der Waals surface area contributed by atoms with E-state index < -0.39 is 17.7 Å². The Bertz CT molecular complexity index is 808. The van der Waals surface area contributed by atoms with Gasteiger partial charge < -0.3 is 19.5 Å². The maximum atomic E-state index is 13.2. The zero-order chi connectivity index (χ0) is 19.6. The average molecular weight is 369 g/mol. The van der Waals surface area contributed by atoms with Gasteiger partial charge in [0.15, 0.2) is 0 Å². The second-order valence-electron chi connectivity index (χ2n) is 7.84. The van der Waals surface area contributed by atoms with Gasteiger partial charge in [0, 0.05) is 25.0 Å². The molecule has 6 heteroatoms. The summed E-state index contributed by atoms with van der Waals surface area (Å²) in [5.74, 6) is -0.123. The lowest BCUT2D eigenvalue weighted by molar-refractivity contribution is -0.135. The highest BCUT2D eigenvalue weighted by atomic mass is 16.6. The van der Waals surface area contributed by atoms with Crippen molar-refractivity contribution in [2.24, 2.45) is 0 Å². The molecule has 144 valence electrons. The SMILES string of the molecule is C[C@H](NC(=O)OC(C)(C)C)C(=O)N1CCn2cccc2[C@H]1c1ccccc1. The summed E-state index contributed by atoms with van der Waals surface area (Å²) in [6, 6.07) is 13.2. The molecule has 1 aromatic heterocycles. The summed E-state index contributed by atoms with van der Waals surface area (Å²) >= 11 is 0. The molecule has 1 aromatic carbocycles. The summed E-state index contributed by atoms with van der Waals surface area (Å²) in [5, 5.41) is 2.66. The van der Waals surface area contributed by atoms with Crippen LogP contribution in [0.3, 0.4) is 0 Å². The lowest BCUT2D eigenvalue weighted by atomic mass is 9.99. The minimum Gasteiger partial charge on any atom is -0.444 e. The predicted molar refractivity (Wildman–Crippen MR) is 103 cm³/mol. The summed E-state index contributed by atoms with van der Waals surface area (Å²) in [4.78, 5) is 27.1. The van der Waals surface area contributed by atoms with Gasteiger partial charge in [-0.3, -0.25) is 4.79 Å². The van der Waals surface area contributed by atoms with Gasteiger partial charge in [0.2, 0.25) is 5.91 Å². The average Bonchev–Trinajstić information content (AvgIpc) is 3.07. The van der Waals surface area contributed by atoms with E-state index in [-0.39, 0.29) is 11.9 Å². The molecule has 27 heavy (non-hydrogen) atoms. The molecule has 0 fully saturated rings. The van der Waals surface area contributed by atoms with Crippen LogP contribution in [0.2, 0.25) is 0 Å². The van der Waals surface area contributed by atoms with Gasteiger partial charge in [0.1, 0.15) is 11.6 Å². The monoisotopic (exact) mass is 369 g/mol. The number of benzene rings is 1. The Morgan fingerprint density at radius 3 is 2.48 bits per heavy atom. The summed E-state index contributed by atoms with van der Waals surface area (Å²) < 4.78 is 7.45. The van der Waals surface area contributed by atoms with Gasteiger partial charge in [-0.2, -0.15) is 0 Å². The number of nitrogens with zero attached hydrogens (tertiary/aromatic N) is 2. The lowest BCUT2D eigenvalue weighted by Crippen LogP contribution is -2.51. The standard InChI is InChI=1S/C21H27N3O3/c1-15(22-20(26)27-21(2,3)4)19(25)24-14-13-23-12-8-11-17(23)18(24)16-9-6-5-7-10-16/h5-12,15,18H,13-14H2,1-4H3,(H,22,26)/t15-,18+/m0/s1. The second kappa shape index (κ2) is 7.47. The van der Waals surface area contributed by atoms with Gasteiger partial charge >= 0.3 is 6.09 Å². The van der Waals surface area contributed by atoms with Crippen molar-refractivity contribution < 1.29 is 14.3 Å². The van der Waals surface area contributed by atoms with Crippen LogP contribution >= 0.6 is 0 Å². The molecule has 2 heterocycles. The molecule has 1 aliphatic rings. The van der Waals surface area contributed by atoms with E-state index in [4.69, 9.17) is 4.74 Å². The van der Waals surface area contributed by atoms with Gasteiger partial charge in [-0.15, -0.1) is 0 Å². The number of alkyl carbamates (subject to hydrolysis) is 1. The first-order valence-corrected chi connectivity index (χ1v) is 9.26. The highest BCUT2D eigenvalue weighted by molar-refractivity contribution is 5.86. The number of nitrogens with one attached hydrogen (secondary N) is 1. The highest BCUT2D eigenvalue weighted by Crippen LogP contribution is 2.32. The van der Waals surface area contributed by atoms with Crippen LogP contribution in [0.15, 0.2) is 48.7 Å². The Morgan fingerprint density at radius 1 is 1.11 bits per heavy atom. The largest absolute Gasteiger partial charge is 0.444 e. The van der Waals surface area contributed by atoms with Crippen LogP contribution in [0.1, 0.15) is 45.0 Å². The first-order valence-electron chi connectivity index (χ1n) is 9.26. The van der Waals surface area contributed by atoms with Gasteiger partial charge in [0.05, 0.1) is 6.04 Å². The summed E-state index contributed by atoms with van der Waals surface area (Å²) in [5.41, 5.74) is 1.52. The predicted octanol–water partition coefficient (Wildman–Crippen LogP) is 3.33. The van der Waals surface area contributed by atoms with Crippen LogP contribution in [0.4, 0.5) is 4.79 Å². The smallest absolute Gasteiger partial charge is 0.408 e. The van der Waals surface area contributed by atoms with E-state index in [1.807, 2.05) is 53.6 Å². The van der Waals surface area contributed by atoms with Crippen LogP contribution in [-0.4, -0.2) is 39.7 Å². The van der Waals surface area contributed by atoms with Crippen molar-refractivity contribution >= 4 is 12.0 Å². The van der Waals surface area contributed by atoms with Crippen molar-refractivity contribution in [3.8, 4) is 0 Å². The van der Waals surface area contributed by atoms with Crippen LogP contribution in [-0.2, 0) is 16.1 Å². The quantitative estimate of drug-likeness (QED) is 0.903. The summed E-state index contributed by atoms with van der Waals surface area (Å²) in [6.07, 6.45) is 1.45. The maximum Gasteiger partial charge on any atom is 0.408 e. The van der Waals surface area contributed by atoms with Crippen LogP contribution in [0, 0.1) is 0 Å². The van der Waals surface area contributed by atoms with Gasteiger partial charge in [0.25, 0.3) is 0 Å². The molecule has 0 aliphatic carbocycles. The molecule has 0 saturated heterocycles. The van der Waals surface area contributed by atoms with Crippen molar-refractivity contribution in [2.75, 3.05) is 6.54 Å². The summed E-state index contributed by atoms with van der Waals surface area (Å²) in [6.45, 7) is 8.40. The maximum absolute atomic E-state index is 13.2. The van der Waals surface area contributed by atoms with Crippen molar-refractivity contribution in [1.82, 2.24) is 14.8 Å². The molecule has 2 atom stereocenters. The molecule has 1 N–H and O–H groups in total. The van der Waals surface area contributed by atoms with Gasteiger partial charge in [-0.25, -0.2) is 4.79 Å². The van der Waals surface area contributed by atoms with Crippen molar-refractivity contribution in [2.45, 2.75) is 51.9 Å². The lowest BCUT2D eigenvalue weighted by Gasteiger charge is -2.38. The third-order valence-electron chi connectivity index (χ3n) is 4.54. The Labute approximate surface area is 160 Å². The zero-order valence-corrected chi connectivity index (χ0v) is 16.3. The molecule has 1 aliphatic heterocycles. The second-order valence-corrected chi connectivity index (χ2v) is 7.84. The number of aromatic nitrogens is 1. The number of carbonyl (C=O) groups is 2. The number of carbonyl (C=O) groups excluding carboxylic acids is 2. The first kappa shape index (κ1) is 19.0. The van der Waals surface area contributed by atoms with E-state index in [2.05, 4.69) is 9.88 Å². The normalized spacial score (nSPS) is 17.8. The Kier molecular flexibility index (Phi) is 5.26. The Hall–Kier alpha value is -2.76. The first-order chi connectivity index (χ1) is 12.8. The highest BCUT2D eigenvalue weighted by Gasteiger charge is 2.34. The molecule has 0 spiro atoms. The molecule has 0 radical (unpaired) electrons.